The van der Waals surface area contributed by atoms with Gasteiger partial charge < -0.3 is 5.32 Å². The summed E-state index contributed by atoms with van der Waals surface area (Å²) in [5.74, 6) is 0. The molecule has 1 aromatic rings. The molecule has 0 spiro atoms. The predicted molar refractivity (Wildman–Crippen MR) is 65.4 cm³/mol. The van der Waals surface area contributed by atoms with Crippen molar-refractivity contribution in [2.24, 2.45) is 5.41 Å². The summed E-state index contributed by atoms with van der Waals surface area (Å²) in [6.07, 6.45) is 5.23. The highest BCUT2D eigenvalue weighted by Gasteiger charge is 2.36. The molecule has 15 heavy (non-hydrogen) atoms. The summed E-state index contributed by atoms with van der Waals surface area (Å²) >= 11 is 6.00. The van der Waals surface area contributed by atoms with Crippen molar-refractivity contribution in [1.82, 2.24) is 5.32 Å². The van der Waals surface area contributed by atoms with E-state index in [1.54, 1.807) is 0 Å². The Morgan fingerprint density at radius 3 is 2.73 bits per heavy atom. The Labute approximate surface area is 96.8 Å². The van der Waals surface area contributed by atoms with Crippen molar-refractivity contribution in [3.05, 3.63) is 34.9 Å². The van der Waals surface area contributed by atoms with Gasteiger partial charge in [0, 0.05) is 11.6 Å². The zero-order chi connectivity index (χ0) is 10.7. The third kappa shape index (κ3) is 2.53. The van der Waals surface area contributed by atoms with Crippen LogP contribution in [-0.4, -0.2) is 13.6 Å². The van der Waals surface area contributed by atoms with Crippen molar-refractivity contribution in [1.29, 1.82) is 0 Å². The van der Waals surface area contributed by atoms with E-state index < -0.39 is 0 Å². The van der Waals surface area contributed by atoms with Crippen LogP contribution in [0.1, 0.15) is 24.8 Å². The quantitative estimate of drug-likeness (QED) is 0.826. The third-order valence-corrected chi connectivity index (χ3v) is 3.67. The summed E-state index contributed by atoms with van der Waals surface area (Å²) in [5, 5.41) is 4.17. The zero-order valence-electron chi connectivity index (χ0n) is 9.22. The van der Waals surface area contributed by atoms with Gasteiger partial charge in [-0.15, -0.1) is 0 Å². The second kappa shape index (κ2) is 4.54. The Kier molecular flexibility index (Phi) is 3.32. The molecule has 0 saturated heterocycles. The standard InChI is InChI=1S/C13H18ClN/c1-15-10-13(6-3-7-13)9-11-4-2-5-12(14)8-11/h2,4-5,8,15H,3,6-7,9-10H2,1H3. The molecule has 1 aromatic carbocycles. The molecule has 0 radical (unpaired) electrons. The molecule has 2 rings (SSSR count). The second-order valence-electron chi connectivity index (χ2n) is 4.69. The molecule has 0 unspecified atom stereocenters. The summed E-state index contributed by atoms with van der Waals surface area (Å²) in [6.45, 7) is 1.12. The highest BCUT2D eigenvalue weighted by molar-refractivity contribution is 6.30. The van der Waals surface area contributed by atoms with Gasteiger partial charge in [-0.05, 0) is 49.4 Å². The molecular weight excluding hydrogens is 206 g/mol. The normalized spacial score (nSPS) is 18.5. The van der Waals surface area contributed by atoms with Crippen LogP contribution in [0.2, 0.25) is 5.02 Å². The molecule has 1 aliphatic carbocycles. The van der Waals surface area contributed by atoms with Crippen molar-refractivity contribution < 1.29 is 0 Å². The Morgan fingerprint density at radius 1 is 1.40 bits per heavy atom. The van der Waals surface area contributed by atoms with Crippen molar-refractivity contribution in [2.45, 2.75) is 25.7 Å². The molecule has 0 aromatic heterocycles. The largest absolute Gasteiger partial charge is 0.319 e. The van der Waals surface area contributed by atoms with Crippen LogP contribution in [0.15, 0.2) is 24.3 Å². The maximum atomic E-state index is 6.00. The van der Waals surface area contributed by atoms with E-state index in [1.807, 2.05) is 19.2 Å². The average molecular weight is 224 g/mol. The van der Waals surface area contributed by atoms with Gasteiger partial charge in [0.1, 0.15) is 0 Å². The SMILES string of the molecule is CNCC1(Cc2cccc(Cl)c2)CCC1. The van der Waals surface area contributed by atoms with E-state index in [0.717, 1.165) is 18.0 Å². The number of hydrogen-bond donors (Lipinski definition) is 1. The number of hydrogen-bond acceptors (Lipinski definition) is 1. The van der Waals surface area contributed by atoms with E-state index in [9.17, 15) is 0 Å². The van der Waals surface area contributed by atoms with Gasteiger partial charge in [-0.25, -0.2) is 0 Å². The molecule has 0 heterocycles. The van der Waals surface area contributed by atoms with Crippen LogP contribution < -0.4 is 5.32 Å². The lowest BCUT2D eigenvalue weighted by atomic mass is 9.65. The highest BCUT2D eigenvalue weighted by atomic mass is 35.5. The second-order valence-corrected chi connectivity index (χ2v) is 5.13. The topological polar surface area (TPSA) is 12.0 Å². The minimum atomic E-state index is 0.499. The Morgan fingerprint density at radius 2 is 2.20 bits per heavy atom. The molecule has 1 N–H and O–H groups in total. The first-order valence-electron chi connectivity index (χ1n) is 5.63. The van der Waals surface area contributed by atoms with Gasteiger partial charge in [0.2, 0.25) is 0 Å². The molecular formula is C13H18ClN. The number of benzene rings is 1. The first-order valence-corrected chi connectivity index (χ1v) is 6.01. The fourth-order valence-corrected chi connectivity index (χ4v) is 2.76. The first kappa shape index (κ1) is 11.0. The van der Waals surface area contributed by atoms with Crippen LogP contribution >= 0.6 is 11.6 Å². The van der Waals surface area contributed by atoms with Crippen LogP contribution in [0.25, 0.3) is 0 Å². The van der Waals surface area contributed by atoms with Gasteiger partial charge in [-0.2, -0.15) is 0 Å². The van der Waals surface area contributed by atoms with E-state index in [0.29, 0.717) is 5.41 Å². The van der Waals surface area contributed by atoms with Crippen LogP contribution in [-0.2, 0) is 6.42 Å². The molecule has 1 nitrogen and oxygen atoms in total. The molecule has 1 fully saturated rings. The minimum Gasteiger partial charge on any atom is -0.319 e. The van der Waals surface area contributed by atoms with Crippen LogP contribution in [0.4, 0.5) is 0 Å². The van der Waals surface area contributed by atoms with E-state index in [4.69, 9.17) is 11.6 Å². The van der Waals surface area contributed by atoms with E-state index in [-0.39, 0.29) is 0 Å². The smallest absolute Gasteiger partial charge is 0.0408 e. The van der Waals surface area contributed by atoms with Crippen molar-refractivity contribution in [3.63, 3.8) is 0 Å². The van der Waals surface area contributed by atoms with Gasteiger partial charge in [0.15, 0.2) is 0 Å². The summed E-state index contributed by atoms with van der Waals surface area (Å²) in [7, 11) is 2.04. The molecule has 82 valence electrons. The molecule has 2 heteroatoms. The van der Waals surface area contributed by atoms with Gasteiger partial charge >= 0.3 is 0 Å². The summed E-state index contributed by atoms with van der Waals surface area (Å²) < 4.78 is 0. The number of nitrogens with one attached hydrogen (secondary N) is 1. The fourth-order valence-electron chi connectivity index (χ4n) is 2.55. The molecule has 0 aliphatic heterocycles. The average Bonchev–Trinajstić information content (AvgIpc) is 2.15. The van der Waals surface area contributed by atoms with Crippen molar-refractivity contribution in [3.8, 4) is 0 Å². The van der Waals surface area contributed by atoms with E-state index in [1.165, 1.54) is 24.8 Å². The predicted octanol–water partition coefficient (Wildman–Crippen LogP) is 3.27. The summed E-state index contributed by atoms with van der Waals surface area (Å²) in [6, 6.07) is 8.26. The van der Waals surface area contributed by atoms with Crippen LogP contribution in [0, 0.1) is 5.41 Å². The minimum absolute atomic E-state index is 0.499. The van der Waals surface area contributed by atoms with Gasteiger partial charge in [-0.3, -0.25) is 0 Å². The molecule has 1 saturated carbocycles. The van der Waals surface area contributed by atoms with Crippen LogP contribution in [0.5, 0.6) is 0 Å². The maximum Gasteiger partial charge on any atom is 0.0408 e. The van der Waals surface area contributed by atoms with Gasteiger partial charge in [-0.1, -0.05) is 30.2 Å². The Bertz CT molecular complexity index is 331. The first-order chi connectivity index (χ1) is 7.24. The van der Waals surface area contributed by atoms with Crippen LogP contribution in [0.3, 0.4) is 0 Å². The monoisotopic (exact) mass is 223 g/mol. The Balaban J connectivity index is 2.06. The van der Waals surface area contributed by atoms with Gasteiger partial charge in [0.05, 0.1) is 0 Å². The van der Waals surface area contributed by atoms with E-state index in [2.05, 4.69) is 17.4 Å². The van der Waals surface area contributed by atoms with Crippen molar-refractivity contribution >= 4 is 11.6 Å². The molecule has 1 aliphatic rings. The molecule has 0 amide bonds. The zero-order valence-corrected chi connectivity index (χ0v) is 9.98. The van der Waals surface area contributed by atoms with Gasteiger partial charge in [0.25, 0.3) is 0 Å². The lowest BCUT2D eigenvalue weighted by Gasteiger charge is -2.42. The lowest BCUT2D eigenvalue weighted by Crippen LogP contribution is -2.40. The lowest BCUT2D eigenvalue weighted by molar-refractivity contribution is 0.133. The molecule has 0 bridgehead atoms. The highest BCUT2D eigenvalue weighted by Crippen LogP contribution is 2.43. The number of rotatable bonds is 4. The summed E-state index contributed by atoms with van der Waals surface area (Å²) in [4.78, 5) is 0. The Hall–Kier alpha value is -0.530. The third-order valence-electron chi connectivity index (χ3n) is 3.43. The number of halogens is 1. The van der Waals surface area contributed by atoms with E-state index >= 15 is 0 Å². The fraction of sp³-hybridized carbons (Fsp3) is 0.538. The molecule has 0 atom stereocenters. The summed E-state index contributed by atoms with van der Waals surface area (Å²) in [5.41, 5.74) is 1.87. The maximum absolute atomic E-state index is 6.00. The van der Waals surface area contributed by atoms with Crippen molar-refractivity contribution in [2.75, 3.05) is 13.6 Å².